The van der Waals surface area contributed by atoms with Crippen LogP contribution in [0, 0.1) is 0 Å². The molecule has 0 bridgehead atoms. The van der Waals surface area contributed by atoms with Crippen molar-refractivity contribution >= 4 is 9.84 Å². The second-order valence-electron chi connectivity index (χ2n) is 3.16. The van der Waals surface area contributed by atoms with Gasteiger partial charge >= 0.3 is 0 Å². The molecule has 0 spiro atoms. The molecule has 0 rings (SSSR count). The summed E-state index contributed by atoms with van der Waals surface area (Å²) in [5.74, 6) is -2.67. The van der Waals surface area contributed by atoms with Crippen LogP contribution in [-0.2, 0) is 9.84 Å². The molecule has 0 amide bonds. The quantitative estimate of drug-likeness (QED) is 0.635. The summed E-state index contributed by atoms with van der Waals surface area (Å²) in [6.07, 6.45) is 1.46. The van der Waals surface area contributed by atoms with Gasteiger partial charge in [0.15, 0.2) is 0 Å². The molecule has 0 fully saturated rings. The van der Waals surface area contributed by atoms with E-state index in [1.807, 2.05) is 0 Å². The highest BCUT2D eigenvalue weighted by Crippen LogP contribution is 2.19. The molecule has 74 valence electrons. The molecule has 0 aliphatic carbocycles. The van der Waals surface area contributed by atoms with E-state index in [1.165, 1.54) is 0 Å². The van der Waals surface area contributed by atoms with E-state index in [1.54, 1.807) is 0 Å². The maximum absolute atomic E-state index is 12.2. The molecule has 5 heteroatoms. The molecule has 0 unspecified atom stereocenters. The summed E-state index contributed by atoms with van der Waals surface area (Å²) >= 11 is 0. The van der Waals surface area contributed by atoms with E-state index in [0.29, 0.717) is 6.42 Å². The van der Waals surface area contributed by atoms with E-state index < -0.39 is 15.8 Å². The van der Waals surface area contributed by atoms with Crippen molar-refractivity contribution in [3.8, 4) is 0 Å². The summed E-state index contributed by atoms with van der Waals surface area (Å²) < 4.78 is 45.5. The van der Waals surface area contributed by atoms with Crippen LogP contribution >= 0.6 is 0 Å². The second-order valence-corrected chi connectivity index (χ2v) is 5.42. The number of unbranched alkanes of at least 4 members (excludes halogenated alkanes) is 1. The van der Waals surface area contributed by atoms with Gasteiger partial charge in [0, 0.05) is 18.4 Å². The van der Waals surface area contributed by atoms with Crippen molar-refractivity contribution in [2.24, 2.45) is 0 Å². The number of rotatable bonds is 5. The van der Waals surface area contributed by atoms with Crippen molar-refractivity contribution in [2.45, 2.75) is 32.1 Å². The zero-order chi connectivity index (χ0) is 9.83. The van der Waals surface area contributed by atoms with E-state index in [-0.39, 0.29) is 18.6 Å². The monoisotopic (exact) mass is 200 g/mol. The zero-order valence-electron chi connectivity index (χ0n) is 7.31. The van der Waals surface area contributed by atoms with Crippen molar-refractivity contribution in [1.29, 1.82) is 0 Å². The fourth-order valence-electron chi connectivity index (χ4n) is 0.800. The summed E-state index contributed by atoms with van der Waals surface area (Å²) in [6.45, 7) is 0.841. The van der Waals surface area contributed by atoms with Gasteiger partial charge in [0.2, 0.25) is 5.92 Å². The molecule has 0 aromatic heterocycles. The minimum atomic E-state index is -2.99. The zero-order valence-corrected chi connectivity index (χ0v) is 8.13. The highest BCUT2D eigenvalue weighted by Gasteiger charge is 2.19. The molecule has 0 aliphatic heterocycles. The number of sulfone groups is 1. The van der Waals surface area contributed by atoms with Gasteiger partial charge in [0.25, 0.3) is 0 Å². The van der Waals surface area contributed by atoms with Gasteiger partial charge in [0.05, 0.1) is 0 Å². The molecular formula is C7H14F2O2S. The Kier molecular flexibility index (Phi) is 4.10. The molecule has 0 saturated carbocycles. The fraction of sp³-hybridized carbons (Fsp3) is 1.00. The van der Waals surface area contributed by atoms with Crippen LogP contribution in [0.4, 0.5) is 8.78 Å². The third-order valence-corrected chi connectivity index (χ3v) is 2.41. The Morgan fingerprint density at radius 1 is 1.25 bits per heavy atom. The lowest BCUT2D eigenvalue weighted by Gasteiger charge is -2.08. The maximum Gasteiger partial charge on any atom is 0.245 e. The van der Waals surface area contributed by atoms with E-state index in [0.717, 1.165) is 13.2 Å². The topological polar surface area (TPSA) is 34.1 Å². The third-order valence-electron chi connectivity index (χ3n) is 1.38. The molecule has 0 aromatic carbocycles. The molecule has 2 nitrogen and oxygen atoms in total. The van der Waals surface area contributed by atoms with E-state index in [4.69, 9.17) is 0 Å². The van der Waals surface area contributed by atoms with Crippen LogP contribution < -0.4 is 0 Å². The molecule has 0 radical (unpaired) electrons. The Hall–Kier alpha value is -0.190. The van der Waals surface area contributed by atoms with Crippen molar-refractivity contribution in [2.75, 3.05) is 12.0 Å². The van der Waals surface area contributed by atoms with Gasteiger partial charge in [0.1, 0.15) is 9.84 Å². The summed E-state index contributed by atoms with van der Waals surface area (Å²) in [6, 6.07) is 0. The van der Waals surface area contributed by atoms with E-state index in [2.05, 4.69) is 0 Å². The molecular weight excluding hydrogens is 186 g/mol. The lowest BCUT2D eigenvalue weighted by atomic mass is 10.2. The van der Waals surface area contributed by atoms with Gasteiger partial charge in [-0.25, -0.2) is 17.2 Å². The Morgan fingerprint density at radius 2 is 1.75 bits per heavy atom. The van der Waals surface area contributed by atoms with Crippen LogP contribution in [0.15, 0.2) is 0 Å². The fourth-order valence-corrected chi connectivity index (χ4v) is 1.53. The molecule has 0 saturated heterocycles. The van der Waals surface area contributed by atoms with Crippen LogP contribution in [0.5, 0.6) is 0 Å². The third kappa shape index (κ3) is 9.81. The smallest absolute Gasteiger partial charge is 0.229 e. The normalized spacial score (nSPS) is 13.3. The van der Waals surface area contributed by atoms with Gasteiger partial charge in [-0.1, -0.05) is 0 Å². The van der Waals surface area contributed by atoms with Gasteiger partial charge < -0.3 is 0 Å². The first kappa shape index (κ1) is 11.8. The first-order valence-corrected chi connectivity index (χ1v) is 5.82. The highest BCUT2D eigenvalue weighted by molar-refractivity contribution is 7.90. The predicted octanol–water partition coefficient (Wildman–Crippen LogP) is 1.86. The van der Waals surface area contributed by atoms with Gasteiger partial charge in [-0.05, 0) is 19.8 Å². The first-order valence-electron chi connectivity index (χ1n) is 3.76. The van der Waals surface area contributed by atoms with E-state index in [9.17, 15) is 17.2 Å². The average Bonchev–Trinajstić information content (AvgIpc) is 1.76. The van der Waals surface area contributed by atoms with Gasteiger partial charge in [-0.3, -0.25) is 0 Å². The standard InChI is InChI=1S/C7H14F2O2S/c1-7(8,9)5-3-4-6-12(2,10)11/h3-6H2,1-2H3. The molecule has 0 aromatic rings. The van der Waals surface area contributed by atoms with Crippen molar-refractivity contribution < 1.29 is 17.2 Å². The number of hydrogen-bond donors (Lipinski definition) is 0. The average molecular weight is 200 g/mol. The summed E-state index contributed by atoms with van der Waals surface area (Å²) in [5.41, 5.74) is 0. The maximum atomic E-state index is 12.2. The van der Waals surface area contributed by atoms with Crippen LogP contribution in [0.1, 0.15) is 26.2 Å². The molecule has 12 heavy (non-hydrogen) atoms. The highest BCUT2D eigenvalue weighted by atomic mass is 32.2. The number of hydrogen-bond acceptors (Lipinski definition) is 2. The van der Waals surface area contributed by atoms with Crippen LogP contribution in [0.3, 0.4) is 0 Å². The Bertz CT molecular complexity index is 216. The van der Waals surface area contributed by atoms with Crippen LogP contribution in [0.2, 0.25) is 0 Å². The SMILES string of the molecule is CC(F)(F)CCCCS(C)(=O)=O. The van der Waals surface area contributed by atoms with Crippen LogP contribution in [-0.4, -0.2) is 26.3 Å². The van der Waals surface area contributed by atoms with Crippen molar-refractivity contribution in [3.05, 3.63) is 0 Å². The number of halogens is 2. The summed E-state index contributed by atoms with van der Waals surface area (Å²) in [5, 5.41) is 0. The lowest BCUT2D eigenvalue weighted by molar-refractivity contribution is 0.0109. The molecule has 0 N–H and O–H groups in total. The van der Waals surface area contributed by atoms with E-state index >= 15 is 0 Å². The Balaban J connectivity index is 3.48. The summed E-state index contributed by atoms with van der Waals surface area (Å²) in [7, 11) is -2.99. The second kappa shape index (κ2) is 4.16. The minimum absolute atomic E-state index is 0.00306. The lowest BCUT2D eigenvalue weighted by Crippen LogP contribution is -2.10. The largest absolute Gasteiger partial charge is 0.245 e. The number of alkyl halides is 2. The van der Waals surface area contributed by atoms with Crippen molar-refractivity contribution in [1.82, 2.24) is 0 Å². The minimum Gasteiger partial charge on any atom is -0.229 e. The molecule has 0 atom stereocenters. The predicted molar refractivity (Wildman–Crippen MR) is 44.2 cm³/mol. The van der Waals surface area contributed by atoms with Crippen molar-refractivity contribution in [3.63, 3.8) is 0 Å². The molecule has 0 aliphatic rings. The van der Waals surface area contributed by atoms with Gasteiger partial charge in [-0.2, -0.15) is 0 Å². The summed E-state index contributed by atoms with van der Waals surface area (Å²) in [4.78, 5) is 0. The van der Waals surface area contributed by atoms with Gasteiger partial charge in [-0.15, -0.1) is 0 Å². The first-order chi connectivity index (χ1) is 5.21. The molecule has 0 heterocycles. The Morgan fingerprint density at radius 3 is 2.08 bits per heavy atom. The van der Waals surface area contributed by atoms with Crippen LogP contribution in [0.25, 0.3) is 0 Å². The Labute approximate surface area is 71.9 Å².